The highest BCUT2D eigenvalue weighted by Gasteiger charge is 2.12. The first-order chi connectivity index (χ1) is 12.6. The van der Waals surface area contributed by atoms with Gasteiger partial charge in [0.15, 0.2) is 5.16 Å². The van der Waals surface area contributed by atoms with E-state index in [1.165, 1.54) is 12.1 Å². The largest absolute Gasteiger partial charge is 0.383 e. The minimum Gasteiger partial charge on any atom is -0.383 e. The van der Waals surface area contributed by atoms with Crippen LogP contribution in [0, 0.1) is 5.82 Å². The molecule has 1 aromatic heterocycles. The standard InChI is InChI=1S/C18H25FN6S.3ClH/c19-14-4-2-13(3-5-14)12-15-16(20)23-18(24-17(15)21)26-11-1-8-25-9-6-22-7-10-25;;;/h2-5,22H,1,6-12H2,(H4,20,21,23,24);3*1H. The van der Waals surface area contributed by atoms with Crippen LogP contribution < -0.4 is 16.8 Å². The van der Waals surface area contributed by atoms with Crippen LogP contribution in [0.2, 0.25) is 0 Å². The highest BCUT2D eigenvalue weighted by atomic mass is 35.5. The van der Waals surface area contributed by atoms with Crippen molar-refractivity contribution in [1.82, 2.24) is 20.2 Å². The molecule has 1 aliphatic heterocycles. The minimum atomic E-state index is -0.265. The summed E-state index contributed by atoms with van der Waals surface area (Å²) >= 11 is 1.58. The van der Waals surface area contributed by atoms with Crippen LogP contribution in [0.3, 0.4) is 0 Å². The van der Waals surface area contributed by atoms with Crippen LogP contribution in [0.1, 0.15) is 17.5 Å². The maximum absolute atomic E-state index is 13.0. The van der Waals surface area contributed by atoms with Crippen molar-refractivity contribution in [3.8, 4) is 0 Å². The van der Waals surface area contributed by atoms with Crippen LogP contribution in [0.4, 0.5) is 16.0 Å². The Morgan fingerprint density at radius 3 is 2.17 bits per heavy atom. The van der Waals surface area contributed by atoms with Crippen molar-refractivity contribution in [2.24, 2.45) is 0 Å². The van der Waals surface area contributed by atoms with Gasteiger partial charge in [0.05, 0.1) is 0 Å². The van der Waals surface area contributed by atoms with Crippen LogP contribution in [0.15, 0.2) is 29.4 Å². The summed E-state index contributed by atoms with van der Waals surface area (Å²) in [7, 11) is 0. The van der Waals surface area contributed by atoms with Crippen molar-refractivity contribution in [2.75, 3.05) is 49.9 Å². The van der Waals surface area contributed by atoms with Gasteiger partial charge in [-0.25, -0.2) is 14.4 Å². The number of halogens is 4. The number of nitrogens with two attached hydrogens (primary N) is 2. The van der Waals surface area contributed by atoms with E-state index in [1.54, 1.807) is 23.9 Å². The monoisotopic (exact) mass is 484 g/mol. The first kappa shape index (κ1) is 28.0. The van der Waals surface area contributed by atoms with Gasteiger partial charge in [0.2, 0.25) is 0 Å². The smallest absolute Gasteiger partial charge is 0.191 e. The van der Waals surface area contributed by atoms with Gasteiger partial charge in [-0.1, -0.05) is 23.9 Å². The number of hydrogen-bond donors (Lipinski definition) is 3. The maximum Gasteiger partial charge on any atom is 0.191 e. The number of nitrogens with zero attached hydrogens (tertiary/aromatic N) is 3. The van der Waals surface area contributed by atoms with Crippen molar-refractivity contribution < 1.29 is 4.39 Å². The Bertz CT molecular complexity index is 709. The van der Waals surface area contributed by atoms with E-state index >= 15 is 0 Å². The van der Waals surface area contributed by atoms with Crippen molar-refractivity contribution in [3.05, 3.63) is 41.2 Å². The van der Waals surface area contributed by atoms with E-state index in [9.17, 15) is 4.39 Å². The molecule has 0 radical (unpaired) electrons. The second-order valence-electron chi connectivity index (χ2n) is 6.35. The Labute approximate surface area is 194 Å². The van der Waals surface area contributed by atoms with Gasteiger partial charge in [0.1, 0.15) is 17.5 Å². The summed E-state index contributed by atoms with van der Waals surface area (Å²) in [5.74, 6) is 1.46. The Balaban J connectivity index is 0.00000261. The number of nitrogens with one attached hydrogen (secondary N) is 1. The first-order valence-corrected chi connectivity index (χ1v) is 9.82. The van der Waals surface area contributed by atoms with Crippen LogP contribution in [-0.2, 0) is 6.42 Å². The van der Waals surface area contributed by atoms with Crippen molar-refractivity contribution >= 4 is 60.6 Å². The van der Waals surface area contributed by atoms with Crippen LogP contribution in [0.25, 0.3) is 0 Å². The molecule has 0 bridgehead atoms. The Morgan fingerprint density at radius 1 is 1.00 bits per heavy atom. The molecule has 11 heteroatoms. The number of benzene rings is 1. The second-order valence-corrected chi connectivity index (χ2v) is 7.41. The predicted octanol–water partition coefficient (Wildman–Crippen LogP) is 3.02. The third kappa shape index (κ3) is 8.70. The van der Waals surface area contributed by atoms with Gasteiger partial charge >= 0.3 is 0 Å². The summed E-state index contributed by atoms with van der Waals surface area (Å²) < 4.78 is 13.0. The van der Waals surface area contributed by atoms with Gasteiger partial charge < -0.3 is 21.7 Å². The van der Waals surface area contributed by atoms with Gasteiger partial charge in [0.25, 0.3) is 0 Å². The molecule has 0 unspecified atom stereocenters. The lowest BCUT2D eigenvalue weighted by Gasteiger charge is -2.26. The van der Waals surface area contributed by atoms with Crippen molar-refractivity contribution in [2.45, 2.75) is 18.0 Å². The third-order valence-electron chi connectivity index (χ3n) is 4.40. The van der Waals surface area contributed by atoms with E-state index in [2.05, 4.69) is 20.2 Å². The van der Waals surface area contributed by atoms with Gasteiger partial charge in [-0.15, -0.1) is 37.2 Å². The lowest BCUT2D eigenvalue weighted by molar-refractivity contribution is 0.242. The van der Waals surface area contributed by atoms with Crippen LogP contribution in [0.5, 0.6) is 0 Å². The second kappa shape index (κ2) is 14.1. The van der Waals surface area contributed by atoms with Gasteiger partial charge in [-0.05, 0) is 30.7 Å². The molecule has 1 aliphatic rings. The average Bonchev–Trinajstić information content (AvgIpc) is 2.64. The quantitative estimate of drug-likeness (QED) is 0.315. The molecule has 2 heterocycles. The lowest BCUT2D eigenvalue weighted by atomic mass is 10.1. The van der Waals surface area contributed by atoms with Crippen molar-refractivity contribution in [3.63, 3.8) is 0 Å². The summed E-state index contributed by atoms with van der Waals surface area (Å²) in [6, 6.07) is 6.27. The highest BCUT2D eigenvalue weighted by molar-refractivity contribution is 7.99. The van der Waals surface area contributed by atoms with E-state index in [4.69, 9.17) is 11.5 Å². The maximum atomic E-state index is 13.0. The molecule has 5 N–H and O–H groups in total. The van der Waals surface area contributed by atoms with E-state index < -0.39 is 0 Å². The Hall–Kier alpha value is -1.03. The number of piperazine rings is 1. The van der Waals surface area contributed by atoms with Crippen molar-refractivity contribution in [1.29, 1.82) is 0 Å². The number of thioether (sulfide) groups is 1. The molecule has 0 saturated carbocycles. The fourth-order valence-corrected chi connectivity index (χ4v) is 3.72. The summed E-state index contributed by atoms with van der Waals surface area (Å²) in [6.07, 6.45) is 1.57. The molecule has 1 fully saturated rings. The molecule has 29 heavy (non-hydrogen) atoms. The third-order valence-corrected chi connectivity index (χ3v) is 5.34. The van der Waals surface area contributed by atoms with Gasteiger partial charge in [-0.3, -0.25) is 0 Å². The number of anilines is 2. The minimum absolute atomic E-state index is 0. The summed E-state index contributed by atoms with van der Waals surface area (Å²) in [5, 5.41) is 3.97. The molecule has 3 rings (SSSR count). The first-order valence-electron chi connectivity index (χ1n) is 8.84. The van der Waals surface area contributed by atoms with E-state index in [0.29, 0.717) is 28.8 Å². The highest BCUT2D eigenvalue weighted by Crippen LogP contribution is 2.24. The SMILES string of the molecule is Cl.Cl.Cl.Nc1nc(SCCCN2CCNCC2)nc(N)c1Cc1ccc(F)cc1. The summed E-state index contributed by atoms with van der Waals surface area (Å²) in [5.41, 5.74) is 13.8. The number of aromatic nitrogens is 2. The predicted molar refractivity (Wildman–Crippen MR) is 126 cm³/mol. The molecule has 1 aromatic carbocycles. The molecule has 0 atom stereocenters. The summed E-state index contributed by atoms with van der Waals surface area (Å²) in [4.78, 5) is 11.2. The molecular formula is C18H28Cl3FN6S. The molecule has 0 amide bonds. The molecule has 164 valence electrons. The zero-order chi connectivity index (χ0) is 18.4. The van der Waals surface area contributed by atoms with Crippen LogP contribution in [-0.4, -0.2) is 53.3 Å². The molecule has 6 nitrogen and oxygen atoms in total. The van der Waals surface area contributed by atoms with E-state index in [1.807, 2.05) is 0 Å². The van der Waals surface area contributed by atoms with Gasteiger partial charge in [0, 0.05) is 43.9 Å². The molecule has 1 saturated heterocycles. The zero-order valence-electron chi connectivity index (χ0n) is 16.0. The fourth-order valence-electron chi connectivity index (χ4n) is 2.94. The molecule has 0 aliphatic carbocycles. The van der Waals surface area contributed by atoms with E-state index in [-0.39, 0.29) is 43.0 Å². The zero-order valence-corrected chi connectivity index (χ0v) is 19.2. The Morgan fingerprint density at radius 2 is 1.59 bits per heavy atom. The normalized spacial score (nSPS) is 13.7. The summed E-state index contributed by atoms with van der Waals surface area (Å²) in [6.45, 7) is 5.44. The number of rotatable bonds is 7. The topological polar surface area (TPSA) is 93.1 Å². The number of nitrogen functional groups attached to an aromatic ring is 2. The molecular weight excluding hydrogens is 458 g/mol. The fraction of sp³-hybridized carbons (Fsp3) is 0.444. The van der Waals surface area contributed by atoms with Crippen LogP contribution >= 0.6 is 49.0 Å². The average molecular weight is 486 g/mol. The lowest BCUT2D eigenvalue weighted by Crippen LogP contribution is -2.43. The number of hydrogen-bond acceptors (Lipinski definition) is 7. The molecule has 0 spiro atoms. The Kier molecular flexibility index (Phi) is 13.6. The molecule has 2 aromatic rings. The van der Waals surface area contributed by atoms with Gasteiger partial charge in [-0.2, -0.15) is 0 Å². The van der Waals surface area contributed by atoms with E-state index in [0.717, 1.165) is 50.5 Å².